The van der Waals surface area contributed by atoms with E-state index in [-0.39, 0.29) is 5.75 Å². The maximum atomic E-state index is 12.5. The fourth-order valence-corrected chi connectivity index (χ4v) is 1.19. The van der Waals surface area contributed by atoms with E-state index in [0.29, 0.717) is 5.56 Å². The maximum Gasteiger partial charge on any atom is 0.402 e. The summed E-state index contributed by atoms with van der Waals surface area (Å²) in [5.41, 5.74) is 0.349. The standard InChI is InChI=1S/C8H5F3O/c9-6-2-1-5-4-8(10,11)12-7(5)3-6/h1-3H,4H2. The van der Waals surface area contributed by atoms with Gasteiger partial charge in [-0.25, -0.2) is 4.39 Å². The first kappa shape index (κ1) is 7.46. The molecule has 0 unspecified atom stereocenters. The van der Waals surface area contributed by atoms with Crippen LogP contribution in [0.3, 0.4) is 0 Å². The Morgan fingerprint density at radius 3 is 2.83 bits per heavy atom. The third-order valence-electron chi connectivity index (χ3n) is 1.68. The molecule has 1 aromatic carbocycles. The van der Waals surface area contributed by atoms with Gasteiger partial charge in [-0.05, 0) is 6.07 Å². The van der Waals surface area contributed by atoms with Crippen LogP contribution >= 0.6 is 0 Å². The Bertz CT molecular complexity index is 322. The van der Waals surface area contributed by atoms with Gasteiger partial charge in [0.2, 0.25) is 0 Å². The predicted octanol–water partition coefficient (Wildman–Crippen LogP) is 2.35. The maximum absolute atomic E-state index is 12.5. The fraction of sp³-hybridized carbons (Fsp3) is 0.250. The third kappa shape index (κ3) is 1.13. The van der Waals surface area contributed by atoms with Crippen molar-refractivity contribution in [1.29, 1.82) is 0 Å². The molecule has 0 spiro atoms. The zero-order chi connectivity index (χ0) is 8.77. The van der Waals surface area contributed by atoms with Gasteiger partial charge in [0.1, 0.15) is 11.6 Å². The molecule has 0 atom stereocenters. The molecule has 0 fully saturated rings. The first-order chi connectivity index (χ1) is 5.57. The van der Waals surface area contributed by atoms with Crippen molar-refractivity contribution in [1.82, 2.24) is 0 Å². The number of hydrogen-bond acceptors (Lipinski definition) is 1. The van der Waals surface area contributed by atoms with Crippen molar-refractivity contribution in [3.8, 4) is 5.75 Å². The molecule has 0 N–H and O–H groups in total. The van der Waals surface area contributed by atoms with Crippen LogP contribution in [0.4, 0.5) is 13.2 Å². The van der Waals surface area contributed by atoms with Crippen LogP contribution in [0.1, 0.15) is 5.56 Å². The lowest BCUT2D eigenvalue weighted by atomic mass is 10.1. The summed E-state index contributed by atoms with van der Waals surface area (Å²) in [6.07, 6.45) is -3.64. The zero-order valence-electron chi connectivity index (χ0n) is 5.98. The molecule has 0 bridgehead atoms. The van der Waals surface area contributed by atoms with Crippen molar-refractivity contribution in [3.05, 3.63) is 29.6 Å². The van der Waals surface area contributed by atoms with E-state index >= 15 is 0 Å². The van der Waals surface area contributed by atoms with E-state index < -0.39 is 18.3 Å². The fourth-order valence-electron chi connectivity index (χ4n) is 1.19. The predicted molar refractivity (Wildman–Crippen MR) is 35.7 cm³/mol. The van der Waals surface area contributed by atoms with Crippen molar-refractivity contribution in [2.24, 2.45) is 0 Å². The highest BCUT2D eigenvalue weighted by molar-refractivity contribution is 5.38. The summed E-state index contributed by atoms with van der Waals surface area (Å²) in [6.45, 7) is 0. The first-order valence-electron chi connectivity index (χ1n) is 3.42. The highest BCUT2D eigenvalue weighted by Gasteiger charge is 2.39. The number of hydrogen-bond donors (Lipinski definition) is 0. The highest BCUT2D eigenvalue weighted by atomic mass is 19.3. The zero-order valence-corrected chi connectivity index (χ0v) is 5.98. The third-order valence-corrected chi connectivity index (χ3v) is 1.68. The van der Waals surface area contributed by atoms with Gasteiger partial charge in [-0.15, -0.1) is 0 Å². The minimum atomic E-state index is -3.17. The summed E-state index contributed by atoms with van der Waals surface area (Å²) >= 11 is 0. The summed E-state index contributed by atoms with van der Waals surface area (Å²) in [5, 5.41) is 0. The largest absolute Gasteiger partial charge is 0.432 e. The van der Waals surface area contributed by atoms with Crippen molar-refractivity contribution in [3.63, 3.8) is 0 Å². The monoisotopic (exact) mass is 174 g/mol. The Balaban J connectivity index is 2.43. The summed E-state index contributed by atoms with van der Waals surface area (Å²) < 4.78 is 41.7. The molecular formula is C8H5F3O. The molecule has 1 heterocycles. The topological polar surface area (TPSA) is 9.23 Å². The van der Waals surface area contributed by atoms with Gasteiger partial charge in [0.25, 0.3) is 0 Å². The van der Waals surface area contributed by atoms with Crippen molar-refractivity contribution in [2.45, 2.75) is 12.5 Å². The lowest BCUT2D eigenvalue weighted by Crippen LogP contribution is -2.20. The van der Waals surface area contributed by atoms with Gasteiger partial charge in [-0.2, -0.15) is 8.78 Å². The van der Waals surface area contributed by atoms with Crippen LogP contribution in [-0.4, -0.2) is 6.11 Å². The minimum Gasteiger partial charge on any atom is -0.432 e. The number of alkyl halides is 2. The average Bonchev–Trinajstić information content (AvgIpc) is 2.21. The average molecular weight is 174 g/mol. The summed E-state index contributed by atoms with van der Waals surface area (Å²) in [7, 11) is 0. The van der Waals surface area contributed by atoms with Crippen molar-refractivity contribution >= 4 is 0 Å². The molecule has 1 aromatic rings. The molecular weight excluding hydrogens is 169 g/mol. The second-order valence-electron chi connectivity index (χ2n) is 2.67. The smallest absolute Gasteiger partial charge is 0.402 e. The van der Waals surface area contributed by atoms with Gasteiger partial charge >= 0.3 is 6.11 Å². The molecule has 0 saturated heterocycles. The Labute approximate surface area is 66.8 Å². The minimum absolute atomic E-state index is 0.0556. The lowest BCUT2D eigenvalue weighted by Gasteiger charge is -2.06. The molecule has 64 valence electrons. The lowest BCUT2D eigenvalue weighted by molar-refractivity contribution is -0.159. The Hall–Kier alpha value is -1.19. The first-order valence-corrected chi connectivity index (χ1v) is 3.42. The van der Waals surface area contributed by atoms with Crippen LogP contribution < -0.4 is 4.74 Å². The molecule has 0 aliphatic carbocycles. The summed E-state index contributed by atoms with van der Waals surface area (Å²) in [4.78, 5) is 0. The van der Waals surface area contributed by atoms with Crippen LogP contribution in [-0.2, 0) is 6.42 Å². The second-order valence-corrected chi connectivity index (χ2v) is 2.67. The molecule has 0 amide bonds. The van der Waals surface area contributed by atoms with Gasteiger partial charge in [-0.1, -0.05) is 6.07 Å². The second kappa shape index (κ2) is 2.15. The summed E-state index contributed by atoms with van der Waals surface area (Å²) in [6, 6.07) is 3.42. The van der Waals surface area contributed by atoms with E-state index in [9.17, 15) is 13.2 Å². The number of rotatable bonds is 0. The summed E-state index contributed by atoms with van der Waals surface area (Å²) in [5.74, 6) is -0.619. The van der Waals surface area contributed by atoms with Crippen LogP contribution in [0, 0.1) is 5.82 Å². The van der Waals surface area contributed by atoms with Gasteiger partial charge in [0, 0.05) is 11.6 Å². The van der Waals surface area contributed by atoms with Crippen LogP contribution in [0.25, 0.3) is 0 Å². The number of benzene rings is 1. The van der Waals surface area contributed by atoms with E-state index in [4.69, 9.17) is 0 Å². The van der Waals surface area contributed by atoms with E-state index in [0.717, 1.165) is 12.1 Å². The van der Waals surface area contributed by atoms with Crippen molar-refractivity contribution < 1.29 is 17.9 Å². The Morgan fingerprint density at radius 1 is 1.33 bits per heavy atom. The Morgan fingerprint density at radius 2 is 2.08 bits per heavy atom. The van der Waals surface area contributed by atoms with Crippen molar-refractivity contribution in [2.75, 3.05) is 0 Å². The van der Waals surface area contributed by atoms with E-state index in [2.05, 4.69) is 4.74 Å². The number of halogens is 3. The van der Waals surface area contributed by atoms with E-state index in [1.165, 1.54) is 6.07 Å². The molecule has 1 nitrogen and oxygen atoms in total. The number of fused-ring (bicyclic) bond motifs is 1. The SMILES string of the molecule is Fc1ccc2c(c1)OC(F)(F)C2. The Kier molecular flexibility index (Phi) is 1.34. The molecule has 0 saturated carbocycles. The molecule has 2 rings (SSSR count). The van der Waals surface area contributed by atoms with E-state index in [1.54, 1.807) is 0 Å². The van der Waals surface area contributed by atoms with Gasteiger partial charge < -0.3 is 4.74 Å². The quantitative estimate of drug-likeness (QED) is 0.586. The molecule has 12 heavy (non-hydrogen) atoms. The molecule has 0 radical (unpaired) electrons. The normalized spacial score (nSPS) is 18.6. The molecule has 1 aliphatic rings. The molecule has 0 aromatic heterocycles. The van der Waals surface area contributed by atoms with Crippen LogP contribution in [0.5, 0.6) is 5.75 Å². The highest BCUT2D eigenvalue weighted by Crippen LogP contribution is 2.37. The molecule has 1 aliphatic heterocycles. The van der Waals surface area contributed by atoms with Gasteiger partial charge in [0.15, 0.2) is 0 Å². The van der Waals surface area contributed by atoms with Gasteiger partial charge in [-0.3, -0.25) is 0 Å². The van der Waals surface area contributed by atoms with Gasteiger partial charge in [0.05, 0.1) is 6.42 Å². The number of ether oxygens (including phenoxy) is 1. The van der Waals surface area contributed by atoms with E-state index in [1.807, 2.05) is 0 Å². The van der Waals surface area contributed by atoms with Crippen LogP contribution in [0.2, 0.25) is 0 Å². The molecule has 4 heteroatoms. The van der Waals surface area contributed by atoms with Crippen LogP contribution in [0.15, 0.2) is 18.2 Å².